The number of aryl methyl sites for hydroxylation is 2. The number of hydrogen-bond acceptors (Lipinski definition) is 2. The van der Waals surface area contributed by atoms with Gasteiger partial charge < -0.3 is 10.2 Å². The van der Waals surface area contributed by atoms with Crippen molar-refractivity contribution >= 4 is 5.69 Å². The number of nitrogens with zero attached hydrogens (tertiary/aromatic N) is 1. The van der Waals surface area contributed by atoms with Crippen LogP contribution in [0.25, 0.3) is 0 Å². The first kappa shape index (κ1) is 17.0. The summed E-state index contributed by atoms with van der Waals surface area (Å²) in [5.74, 6) is 0.755. The lowest BCUT2D eigenvalue weighted by Crippen LogP contribution is -2.22. The van der Waals surface area contributed by atoms with Crippen molar-refractivity contribution in [2.45, 2.75) is 47.0 Å². The molecule has 0 aliphatic rings. The third-order valence-electron chi connectivity index (χ3n) is 3.66. The number of benzene rings is 1. The summed E-state index contributed by atoms with van der Waals surface area (Å²) < 4.78 is 0. The van der Waals surface area contributed by atoms with Gasteiger partial charge in [-0.3, -0.25) is 0 Å². The molecule has 0 aromatic heterocycles. The van der Waals surface area contributed by atoms with Gasteiger partial charge in [0.1, 0.15) is 0 Å². The summed E-state index contributed by atoms with van der Waals surface area (Å²) in [6.07, 6.45) is 3.86. The highest BCUT2D eigenvalue weighted by Gasteiger charge is 2.04. The Morgan fingerprint density at radius 1 is 1.10 bits per heavy atom. The number of nitrogens with one attached hydrogen (secondary N) is 1. The Kier molecular flexibility index (Phi) is 7.68. The molecule has 1 aromatic rings. The van der Waals surface area contributed by atoms with Crippen molar-refractivity contribution in [2.24, 2.45) is 5.92 Å². The standard InChI is InChI=1S/C18H32N2/c1-15(2)14-19-11-7-6-8-12-20(5)18-10-9-16(3)13-17(18)4/h9-10,13,15,19H,6-8,11-12,14H2,1-5H3. The molecule has 0 spiro atoms. The molecule has 1 N–H and O–H groups in total. The molecule has 0 saturated carbocycles. The maximum Gasteiger partial charge on any atom is 0.0393 e. The molecular formula is C18H32N2. The van der Waals surface area contributed by atoms with E-state index < -0.39 is 0 Å². The van der Waals surface area contributed by atoms with E-state index in [-0.39, 0.29) is 0 Å². The molecule has 20 heavy (non-hydrogen) atoms. The third kappa shape index (κ3) is 6.42. The summed E-state index contributed by atoms with van der Waals surface area (Å²) in [7, 11) is 2.20. The first-order chi connectivity index (χ1) is 9.50. The van der Waals surface area contributed by atoms with E-state index in [1.165, 1.54) is 36.1 Å². The molecule has 0 bridgehead atoms. The largest absolute Gasteiger partial charge is 0.374 e. The fourth-order valence-corrected chi connectivity index (χ4v) is 2.52. The average molecular weight is 276 g/mol. The Morgan fingerprint density at radius 2 is 1.85 bits per heavy atom. The zero-order chi connectivity index (χ0) is 15.0. The van der Waals surface area contributed by atoms with Crippen molar-refractivity contribution in [3.63, 3.8) is 0 Å². The first-order valence-corrected chi connectivity index (χ1v) is 8.00. The van der Waals surface area contributed by atoms with Crippen molar-refractivity contribution in [1.82, 2.24) is 5.32 Å². The van der Waals surface area contributed by atoms with E-state index in [4.69, 9.17) is 0 Å². The zero-order valence-corrected chi connectivity index (χ0v) is 14.0. The van der Waals surface area contributed by atoms with Crippen molar-refractivity contribution in [1.29, 1.82) is 0 Å². The van der Waals surface area contributed by atoms with Crippen LogP contribution in [0.3, 0.4) is 0 Å². The van der Waals surface area contributed by atoms with E-state index in [1.54, 1.807) is 0 Å². The molecule has 1 rings (SSSR count). The Hall–Kier alpha value is -1.02. The van der Waals surface area contributed by atoms with E-state index in [2.05, 4.69) is 63.2 Å². The maximum atomic E-state index is 3.51. The van der Waals surface area contributed by atoms with Gasteiger partial charge in [-0.15, -0.1) is 0 Å². The summed E-state index contributed by atoms with van der Waals surface area (Å²) >= 11 is 0. The van der Waals surface area contributed by atoms with Gasteiger partial charge in [-0.25, -0.2) is 0 Å². The number of rotatable bonds is 9. The molecule has 114 valence electrons. The molecule has 0 atom stereocenters. The van der Waals surface area contributed by atoms with E-state index in [9.17, 15) is 0 Å². The molecule has 0 radical (unpaired) electrons. The molecule has 0 aliphatic heterocycles. The van der Waals surface area contributed by atoms with Crippen LogP contribution in [0.4, 0.5) is 5.69 Å². The monoisotopic (exact) mass is 276 g/mol. The van der Waals surface area contributed by atoms with Crippen molar-refractivity contribution in [3.8, 4) is 0 Å². The van der Waals surface area contributed by atoms with E-state index in [1.807, 2.05) is 0 Å². The van der Waals surface area contributed by atoms with Gasteiger partial charge >= 0.3 is 0 Å². The molecule has 0 aliphatic carbocycles. The molecule has 0 fully saturated rings. The topological polar surface area (TPSA) is 15.3 Å². The number of hydrogen-bond donors (Lipinski definition) is 1. The summed E-state index contributed by atoms with van der Waals surface area (Å²) in [4.78, 5) is 2.39. The lowest BCUT2D eigenvalue weighted by atomic mass is 10.1. The van der Waals surface area contributed by atoms with Crippen LogP contribution >= 0.6 is 0 Å². The lowest BCUT2D eigenvalue weighted by molar-refractivity contribution is 0.530. The van der Waals surface area contributed by atoms with E-state index in [0.29, 0.717) is 0 Å². The van der Waals surface area contributed by atoms with Crippen LogP contribution < -0.4 is 10.2 Å². The zero-order valence-electron chi connectivity index (χ0n) is 14.0. The van der Waals surface area contributed by atoms with Crippen LogP contribution in [0.5, 0.6) is 0 Å². The molecular weight excluding hydrogens is 244 g/mol. The first-order valence-electron chi connectivity index (χ1n) is 8.00. The molecule has 0 amide bonds. The fourth-order valence-electron chi connectivity index (χ4n) is 2.52. The lowest BCUT2D eigenvalue weighted by Gasteiger charge is -2.21. The van der Waals surface area contributed by atoms with E-state index in [0.717, 1.165) is 25.6 Å². The smallest absolute Gasteiger partial charge is 0.0393 e. The minimum absolute atomic E-state index is 0.755. The Balaban J connectivity index is 2.18. The fraction of sp³-hybridized carbons (Fsp3) is 0.667. The van der Waals surface area contributed by atoms with Crippen LogP contribution in [0.15, 0.2) is 18.2 Å². The predicted octanol–water partition coefficient (Wildman–Crippen LogP) is 4.16. The second-order valence-corrected chi connectivity index (χ2v) is 6.37. The normalized spacial score (nSPS) is 11.1. The van der Waals surface area contributed by atoms with Gasteiger partial charge in [-0.05, 0) is 57.3 Å². The SMILES string of the molecule is Cc1ccc(N(C)CCCCCNCC(C)C)c(C)c1. The molecule has 0 heterocycles. The van der Waals surface area contributed by atoms with Gasteiger partial charge in [0.15, 0.2) is 0 Å². The van der Waals surface area contributed by atoms with Gasteiger partial charge in [0.05, 0.1) is 0 Å². The Morgan fingerprint density at radius 3 is 2.50 bits per heavy atom. The van der Waals surface area contributed by atoms with Crippen LogP contribution in [0, 0.1) is 19.8 Å². The van der Waals surface area contributed by atoms with Crippen LogP contribution in [0.2, 0.25) is 0 Å². The Labute approximate surface area is 125 Å². The predicted molar refractivity (Wildman–Crippen MR) is 90.7 cm³/mol. The number of unbranched alkanes of at least 4 members (excludes halogenated alkanes) is 2. The summed E-state index contributed by atoms with van der Waals surface area (Å²) in [6.45, 7) is 12.3. The van der Waals surface area contributed by atoms with Crippen LogP contribution in [-0.4, -0.2) is 26.7 Å². The van der Waals surface area contributed by atoms with Gasteiger partial charge in [0, 0.05) is 19.3 Å². The summed E-state index contributed by atoms with van der Waals surface area (Å²) in [5, 5.41) is 3.51. The highest BCUT2D eigenvalue weighted by atomic mass is 15.1. The number of anilines is 1. The van der Waals surface area contributed by atoms with Crippen molar-refractivity contribution in [2.75, 3.05) is 31.6 Å². The minimum Gasteiger partial charge on any atom is -0.374 e. The van der Waals surface area contributed by atoms with Crippen molar-refractivity contribution < 1.29 is 0 Å². The van der Waals surface area contributed by atoms with Gasteiger partial charge in [-0.2, -0.15) is 0 Å². The van der Waals surface area contributed by atoms with E-state index >= 15 is 0 Å². The minimum atomic E-state index is 0.755. The van der Waals surface area contributed by atoms with Crippen LogP contribution in [-0.2, 0) is 0 Å². The quantitative estimate of drug-likeness (QED) is 0.681. The molecule has 2 nitrogen and oxygen atoms in total. The van der Waals surface area contributed by atoms with Gasteiger partial charge in [0.25, 0.3) is 0 Å². The summed E-state index contributed by atoms with van der Waals surface area (Å²) in [6, 6.07) is 6.71. The highest BCUT2D eigenvalue weighted by Crippen LogP contribution is 2.20. The van der Waals surface area contributed by atoms with Gasteiger partial charge in [-0.1, -0.05) is 38.0 Å². The average Bonchev–Trinajstić information content (AvgIpc) is 2.37. The van der Waals surface area contributed by atoms with Crippen LogP contribution in [0.1, 0.15) is 44.2 Å². The highest BCUT2D eigenvalue weighted by molar-refractivity contribution is 5.53. The third-order valence-corrected chi connectivity index (χ3v) is 3.66. The summed E-state index contributed by atoms with van der Waals surface area (Å²) in [5.41, 5.74) is 4.09. The Bertz CT molecular complexity index is 385. The molecule has 2 heteroatoms. The molecule has 1 aromatic carbocycles. The molecule has 0 saturated heterocycles. The van der Waals surface area contributed by atoms with Gasteiger partial charge in [0.2, 0.25) is 0 Å². The second-order valence-electron chi connectivity index (χ2n) is 6.37. The second kappa shape index (κ2) is 9.02. The molecule has 0 unspecified atom stereocenters. The maximum absolute atomic E-state index is 3.51. The van der Waals surface area contributed by atoms with Crippen molar-refractivity contribution in [3.05, 3.63) is 29.3 Å².